The van der Waals surface area contributed by atoms with Crippen LogP contribution < -0.4 is 5.32 Å². The van der Waals surface area contributed by atoms with Crippen LogP contribution in [0.2, 0.25) is 5.02 Å². The number of amides is 1. The van der Waals surface area contributed by atoms with Crippen LogP contribution in [-0.4, -0.2) is 30.1 Å². The SMILES string of the molecule is Cc1nc2c3ccccc3nn2c(C)c1CCC(=O)Nc1nc2cc(Cl)ccc2n1C. The Morgan fingerprint density at radius 1 is 1.10 bits per heavy atom. The molecule has 0 atom stereocenters. The van der Waals surface area contributed by atoms with Crippen LogP contribution in [0.5, 0.6) is 0 Å². The first-order valence-corrected chi connectivity index (χ1v) is 10.5. The fourth-order valence-corrected chi connectivity index (χ4v) is 4.22. The summed E-state index contributed by atoms with van der Waals surface area (Å²) in [5, 5.41) is 9.24. The first-order valence-electron chi connectivity index (χ1n) is 10.1. The minimum absolute atomic E-state index is 0.103. The molecule has 0 saturated carbocycles. The first kappa shape index (κ1) is 19.5. The Morgan fingerprint density at radius 3 is 2.74 bits per heavy atom. The third-order valence-corrected chi connectivity index (χ3v) is 5.95. The lowest BCUT2D eigenvalue weighted by molar-refractivity contribution is -0.116. The molecule has 0 aliphatic rings. The third-order valence-electron chi connectivity index (χ3n) is 5.71. The highest BCUT2D eigenvalue weighted by Gasteiger charge is 2.16. The van der Waals surface area contributed by atoms with Crippen molar-refractivity contribution in [3.05, 3.63) is 64.4 Å². The van der Waals surface area contributed by atoms with Gasteiger partial charge in [0, 0.05) is 35.3 Å². The van der Waals surface area contributed by atoms with Crippen LogP contribution in [0.25, 0.3) is 27.6 Å². The Kier molecular flexibility index (Phi) is 4.63. The van der Waals surface area contributed by atoms with Crippen molar-refractivity contribution in [2.45, 2.75) is 26.7 Å². The fourth-order valence-electron chi connectivity index (χ4n) is 4.05. The second-order valence-electron chi connectivity index (χ2n) is 7.69. The molecule has 2 aromatic carbocycles. The number of fused-ring (bicyclic) bond motifs is 4. The Labute approximate surface area is 183 Å². The Balaban J connectivity index is 1.39. The van der Waals surface area contributed by atoms with E-state index in [1.54, 1.807) is 6.07 Å². The normalized spacial score (nSPS) is 11.6. The van der Waals surface area contributed by atoms with Crippen LogP contribution in [0.15, 0.2) is 42.5 Å². The lowest BCUT2D eigenvalue weighted by Gasteiger charge is -2.11. The summed E-state index contributed by atoms with van der Waals surface area (Å²) < 4.78 is 3.73. The standard InChI is InChI=1S/C23H21ClN6O/c1-13-16(14(2)30-22(25-13)17-6-4-5-7-18(17)28-30)9-11-21(31)27-23-26-19-12-15(24)8-10-20(19)29(23)3/h4-8,10,12H,9,11H2,1-3H3,(H,26,27,31). The summed E-state index contributed by atoms with van der Waals surface area (Å²) in [6.45, 7) is 4.01. The number of benzene rings is 2. The van der Waals surface area contributed by atoms with Crippen molar-refractivity contribution >= 4 is 51.0 Å². The lowest BCUT2D eigenvalue weighted by Crippen LogP contribution is -2.16. The quantitative estimate of drug-likeness (QED) is 0.450. The molecule has 3 aromatic heterocycles. The summed E-state index contributed by atoms with van der Waals surface area (Å²) in [5.41, 5.74) is 6.37. The van der Waals surface area contributed by atoms with E-state index < -0.39 is 0 Å². The zero-order chi connectivity index (χ0) is 21.7. The molecular formula is C23H21ClN6O. The monoisotopic (exact) mass is 432 g/mol. The number of carbonyl (C=O) groups excluding carboxylic acids is 1. The maximum Gasteiger partial charge on any atom is 0.227 e. The molecule has 0 unspecified atom stereocenters. The second-order valence-corrected chi connectivity index (χ2v) is 8.13. The number of aryl methyl sites for hydroxylation is 3. The van der Waals surface area contributed by atoms with Crippen molar-refractivity contribution in [1.29, 1.82) is 0 Å². The van der Waals surface area contributed by atoms with Crippen molar-refractivity contribution in [2.24, 2.45) is 7.05 Å². The van der Waals surface area contributed by atoms with Crippen molar-refractivity contribution < 1.29 is 4.79 Å². The van der Waals surface area contributed by atoms with Gasteiger partial charge in [-0.15, -0.1) is 0 Å². The Morgan fingerprint density at radius 2 is 1.90 bits per heavy atom. The lowest BCUT2D eigenvalue weighted by atomic mass is 10.1. The van der Waals surface area contributed by atoms with Gasteiger partial charge in [-0.2, -0.15) is 5.10 Å². The van der Waals surface area contributed by atoms with Gasteiger partial charge >= 0.3 is 0 Å². The Hall–Kier alpha value is -3.45. The van der Waals surface area contributed by atoms with Gasteiger partial charge < -0.3 is 4.57 Å². The molecule has 0 radical (unpaired) electrons. The van der Waals surface area contributed by atoms with Gasteiger partial charge in [-0.3, -0.25) is 10.1 Å². The molecule has 0 fully saturated rings. The first-order chi connectivity index (χ1) is 14.9. The minimum Gasteiger partial charge on any atom is -0.313 e. The number of anilines is 1. The molecule has 5 aromatic rings. The van der Waals surface area contributed by atoms with E-state index in [4.69, 9.17) is 16.6 Å². The fraction of sp³-hybridized carbons (Fsp3) is 0.217. The van der Waals surface area contributed by atoms with Crippen LogP contribution in [0.3, 0.4) is 0 Å². The van der Waals surface area contributed by atoms with Crippen LogP contribution >= 0.6 is 11.6 Å². The van der Waals surface area contributed by atoms with Crippen molar-refractivity contribution in [2.75, 3.05) is 5.32 Å². The van der Waals surface area contributed by atoms with E-state index in [1.165, 1.54) is 0 Å². The van der Waals surface area contributed by atoms with Crippen molar-refractivity contribution in [3.63, 3.8) is 0 Å². The van der Waals surface area contributed by atoms with Gasteiger partial charge in [0.15, 0.2) is 5.65 Å². The van der Waals surface area contributed by atoms with Crippen LogP contribution in [0.1, 0.15) is 23.4 Å². The maximum absolute atomic E-state index is 12.7. The third kappa shape index (κ3) is 3.31. The van der Waals surface area contributed by atoms with E-state index in [-0.39, 0.29) is 5.91 Å². The number of imidazole rings is 1. The van der Waals surface area contributed by atoms with Gasteiger partial charge in [0.1, 0.15) is 0 Å². The minimum atomic E-state index is -0.103. The predicted molar refractivity (Wildman–Crippen MR) is 123 cm³/mol. The highest BCUT2D eigenvalue weighted by molar-refractivity contribution is 6.31. The smallest absolute Gasteiger partial charge is 0.227 e. The second kappa shape index (κ2) is 7.35. The topological polar surface area (TPSA) is 77.1 Å². The molecule has 0 aliphatic heterocycles. The highest BCUT2D eigenvalue weighted by atomic mass is 35.5. The van der Waals surface area contributed by atoms with E-state index in [2.05, 4.69) is 15.4 Å². The van der Waals surface area contributed by atoms with Crippen LogP contribution in [0, 0.1) is 13.8 Å². The molecular weight excluding hydrogens is 412 g/mol. The van der Waals surface area contributed by atoms with Gasteiger partial charge in [-0.25, -0.2) is 14.5 Å². The summed E-state index contributed by atoms with van der Waals surface area (Å²) in [6, 6.07) is 13.5. The number of halogens is 1. The number of hydrogen-bond donors (Lipinski definition) is 1. The molecule has 0 spiro atoms. The molecule has 5 rings (SSSR count). The van der Waals surface area contributed by atoms with E-state index in [9.17, 15) is 4.79 Å². The Bertz CT molecular complexity index is 1480. The van der Waals surface area contributed by atoms with Gasteiger partial charge in [-0.1, -0.05) is 23.7 Å². The number of rotatable bonds is 4. The van der Waals surface area contributed by atoms with E-state index in [0.717, 1.165) is 44.5 Å². The molecule has 156 valence electrons. The molecule has 1 N–H and O–H groups in total. The van der Waals surface area contributed by atoms with Gasteiger partial charge in [0.05, 0.1) is 16.6 Å². The summed E-state index contributed by atoms with van der Waals surface area (Å²) in [4.78, 5) is 21.9. The van der Waals surface area contributed by atoms with Gasteiger partial charge in [0.25, 0.3) is 0 Å². The van der Waals surface area contributed by atoms with Gasteiger partial charge in [-0.05, 0) is 56.2 Å². The van der Waals surface area contributed by atoms with Gasteiger partial charge in [0.2, 0.25) is 11.9 Å². The summed E-state index contributed by atoms with van der Waals surface area (Å²) >= 11 is 6.05. The maximum atomic E-state index is 12.7. The summed E-state index contributed by atoms with van der Waals surface area (Å²) in [6.07, 6.45) is 0.887. The average molecular weight is 433 g/mol. The summed E-state index contributed by atoms with van der Waals surface area (Å²) in [7, 11) is 1.87. The molecule has 0 bridgehead atoms. The predicted octanol–water partition coefficient (Wildman–Crippen LogP) is 4.61. The zero-order valence-corrected chi connectivity index (χ0v) is 18.2. The van der Waals surface area contributed by atoms with E-state index >= 15 is 0 Å². The molecule has 3 heterocycles. The number of aromatic nitrogens is 5. The number of hydrogen-bond acceptors (Lipinski definition) is 4. The summed E-state index contributed by atoms with van der Waals surface area (Å²) in [5.74, 6) is 0.400. The van der Waals surface area contributed by atoms with Crippen molar-refractivity contribution in [1.82, 2.24) is 24.1 Å². The number of nitrogens with one attached hydrogen (secondary N) is 1. The molecule has 0 saturated heterocycles. The van der Waals surface area contributed by atoms with E-state index in [1.807, 2.05) is 66.4 Å². The highest BCUT2D eigenvalue weighted by Crippen LogP contribution is 2.24. The van der Waals surface area contributed by atoms with Crippen molar-refractivity contribution in [3.8, 4) is 0 Å². The van der Waals surface area contributed by atoms with E-state index in [0.29, 0.717) is 23.8 Å². The molecule has 0 aliphatic carbocycles. The molecule has 1 amide bonds. The molecule has 31 heavy (non-hydrogen) atoms. The zero-order valence-electron chi connectivity index (χ0n) is 17.5. The molecule has 8 heteroatoms. The number of nitrogens with zero attached hydrogens (tertiary/aromatic N) is 5. The largest absolute Gasteiger partial charge is 0.313 e. The van der Waals surface area contributed by atoms with Crippen LogP contribution in [0.4, 0.5) is 5.95 Å². The molecule has 7 nitrogen and oxygen atoms in total. The van der Waals surface area contributed by atoms with Crippen LogP contribution in [-0.2, 0) is 18.3 Å². The average Bonchev–Trinajstić information content (AvgIpc) is 3.25. The number of carbonyl (C=O) groups is 1.